The lowest BCUT2D eigenvalue weighted by molar-refractivity contribution is 0.558. The third kappa shape index (κ3) is 2.92. The Hall–Kier alpha value is -1.23. The topological polar surface area (TPSA) is 12.0 Å². The Bertz CT molecular complexity index is 688. The monoisotopic (exact) mass is 305 g/mol. The maximum absolute atomic E-state index is 13.3. The summed E-state index contributed by atoms with van der Waals surface area (Å²) in [4.78, 5) is 1.28. The summed E-state index contributed by atoms with van der Waals surface area (Å²) in [7, 11) is 1.99. The first-order valence-electron chi connectivity index (χ1n) is 6.63. The Morgan fingerprint density at radius 3 is 2.90 bits per heavy atom. The minimum absolute atomic E-state index is 0.166. The average Bonchev–Trinajstić information content (AvgIpc) is 3.08. The molecule has 0 fully saturated rings. The van der Waals surface area contributed by atoms with E-state index in [-0.39, 0.29) is 5.82 Å². The number of thiophene rings is 2. The van der Waals surface area contributed by atoms with Gasteiger partial charge in [0, 0.05) is 15.6 Å². The van der Waals surface area contributed by atoms with Gasteiger partial charge in [-0.25, -0.2) is 4.39 Å². The van der Waals surface area contributed by atoms with Crippen molar-refractivity contribution in [2.75, 3.05) is 7.05 Å². The standard InChI is InChI=1S/C16H16FNS2/c1-18-14(4-2-11-6-7-19-10-11)16-9-12-8-13(17)3-5-15(12)20-16/h3,5-10,14,18H,2,4H2,1H3. The first-order valence-corrected chi connectivity index (χ1v) is 8.39. The lowest BCUT2D eigenvalue weighted by Gasteiger charge is -2.13. The van der Waals surface area contributed by atoms with Gasteiger partial charge >= 0.3 is 0 Å². The van der Waals surface area contributed by atoms with Crippen LogP contribution in [0.5, 0.6) is 0 Å². The second kappa shape index (κ2) is 6.04. The van der Waals surface area contributed by atoms with Gasteiger partial charge < -0.3 is 5.32 Å². The van der Waals surface area contributed by atoms with Gasteiger partial charge in [-0.15, -0.1) is 11.3 Å². The molecule has 0 aliphatic carbocycles. The van der Waals surface area contributed by atoms with Crippen LogP contribution in [0.3, 0.4) is 0 Å². The predicted octanol–water partition coefficient (Wildman–Crippen LogP) is 5.00. The lowest BCUT2D eigenvalue weighted by atomic mass is 10.1. The molecule has 104 valence electrons. The van der Waals surface area contributed by atoms with E-state index >= 15 is 0 Å². The van der Waals surface area contributed by atoms with Crippen molar-refractivity contribution < 1.29 is 4.39 Å². The van der Waals surface area contributed by atoms with Gasteiger partial charge in [0.25, 0.3) is 0 Å². The summed E-state index contributed by atoms with van der Waals surface area (Å²) in [6.45, 7) is 0. The highest BCUT2D eigenvalue weighted by atomic mass is 32.1. The molecule has 3 rings (SSSR count). The van der Waals surface area contributed by atoms with E-state index in [2.05, 4.69) is 28.2 Å². The van der Waals surface area contributed by atoms with Gasteiger partial charge in [-0.2, -0.15) is 11.3 Å². The van der Waals surface area contributed by atoms with E-state index in [1.165, 1.54) is 16.5 Å². The molecule has 0 spiro atoms. The molecule has 2 aromatic heterocycles. The number of aryl methyl sites for hydroxylation is 1. The molecule has 1 N–H and O–H groups in total. The second-order valence-electron chi connectivity index (χ2n) is 4.84. The first kappa shape index (κ1) is 13.7. The lowest BCUT2D eigenvalue weighted by Crippen LogP contribution is -2.15. The van der Waals surface area contributed by atoms with Gasteiger partial charge in [-0.1, -0.05) is 0 Å². The normalized spacial score (nSPS) is 12.9. The smallest absolute Gasteiger partial charge is 0.123 e. The molecule has 0 saturated heterocycles. The van der Waals surface area contributed by atoms with Gasteiger partial charge in [-0.3, -0.25) is 0 Å². The summed E-state index contributed by atoms with van der Waals surface area (Å²) in [5.74, 6) is -0.166. The van der Waals surface area contributed by atoms with Crippen molar-refractivity contribution in [3.63, 3.8) is 0 Å². The van der Waals surface area contributed by atoms with Crippen LogP contribution in [0.2, 0.25) is 0 Å². The van der Waals surface area contributed by atoms with Crippen molar-refractivity contribution in [1.82, 2.24) is 5.32 Å². The first-order chi connectivity index (χ1) is 9.76. The minimum atomic E-state index is -0.166. The van der Waals surface area contributed by atoms with Crippen LogP contribution in [0.25, 0.3) is 10.1 Å². The second-order valence-corrected chi connectivity index (χ2v) is 6.74. The highest BCUT2D eigenvalue weighted by Crippen LogP contribution is 2.32. The highest BCUT2D eigenvalue weighted by Gasteiger charge is 2.13. The van der Waals surface area contributed by atoms with Gasteiger partial charge in [0.15, 0.2) is 0 Å². The third-order valence-corrected chi connectivity index (χ3v) is 5.45. The molecule has 0 aliphatic rings. The molecule has 0 radical (unpaired) electrons. The molecule has 3 aromatic rings. The molecule has 4 heteroatoms. The number of halogens is 1. The SMILES string of the molecule is CNC(CCc1ccsc1)c1cc2cc(F)ccc2s1. The molecule has 20 heavy (non-hydrogen) atoms. The van der Waals surface area contributed by atoms with Gasteiger partial charge in [0.05, 0.1) is 0 Å². The average molecular weight is 305 g/mol. The van der Waals surface area contributed by atoms with Crippen LogP contribution in [-0.4, -0.2) is 7.05 Å². The molecule has 0 amide bonds. The van der Waals surface area contributed by atoms with Crippen LogP contribution >= 0.6 is 22.7 Å². The van der Waals surface area contributed by atoms with Crippen molar-refractivity contribution in [3.8, 4) is 0 Å². The van der Waals surface area contributed by atoms with E-state index in [4.69, 9.17) is 0 Å². The summed E-state index contributed by atoms with van der Waals surface area (Å²) in [5.41, 5.74) is 1.39. The Kier molecular flexibility index (Phi) is 4.15. The Labute approximate surface area is 126 Å². The minimum Gasteiger partial charge on any atom is -0.312 e. The maximum Gasteiger partial charge on any atom is 0.123 e. The Morgan fingerprint density at radius 2 is 2.15 bits per heavy atom. The summed E-state index contributed by atoms with van der Waals surface area (Å²) in [6.07, 6.45) is 2.13. The van der Waals surface area contributed by atoms with E-state index < -0.39 is 0 Å². The fourth-order valence-corrected chi connectivity index (χ4v) is 4.27. The third-order valence-electron chi connectivity index (χ3n) is 3.49. The van der Waals surface area contributed by atoms with Crippen LogP contribution in [0.15, 0.2) is 41.1 Å². The van der Waals surface area contributed by atoms with E-state index in [1.807, 2.05) is 13.1 Å². The summed E-state index contributed by atoms with van der Waals surface area (Å²) in [6, 6.07) is 9.62. The Balaban J connectivity index is 1.79. The fourth-order valence-electron chi connectivity index (χ4n) is 2.38. The fraction of sp³-hybridized carbons (Fsp3) is 0.250. The number of hydrogen-bond acceptors (Lipinski definition) is 3. The number of hydrogen-bond donors (Lipinski definition) is 1. The van der Waals surface area contributed by atoms with Crippen LogP contribution in [0, 0.1) is 5.82 Å². The molecule has 0 aliphatic heterocycles. The van der Waals surface area contributed by atoms with Crippen molar-refractivity contribution in [2.24, 2.45) is 0 Å². The summed E-state index contributed by atoms with van der Waals surface area (Å²) >= 11 is 3.49. The molecule has 0 saturated carbocycles. The van der Waals surface area contributed by atoms with E-state index in [0.717, 1.165) is 22.9 Å². The van der Waals surface area contributed by atoms with Crippen LogP contribution in [-0.2, 0) is 6.42 Å². The van der Waals surface area contributed by atoms with Crippen LogP contribution in [0.4, 0.5) is 4.39 Å². The van der Waals surface area contributed by atoms with Crippen molar-refractivity contribution in [1.29, 1.82) is 0 Å². The van der Waals surface area contributed by atoms with Crippen LogP contribution < -0.4 is 5.32 Å². The molecular formula is C16H16FNS2. The number of rotatable bonds is 5. The number of nitrogens with one attached hydrogen (secondary N) is 1. The van der Waals surface area contributed by atoms with Crippen molar-refractivity contribution in [3.05, 3.63) is 57.3 Å². The molecule has 1 unspecified atom stereocenters. The quantitative estimate of drug-likeness (QED) is 0.700. The molecule has 2 heterocycles. The maximum atomic E-state index is 13.3. The van der Waals surface area contributed by atoms with E-state index in [9.17, 15) is 4.39 Å². The molecule has 1 atom stereocenters. The zero-order valence-electron chi connectivity index (χ0n) is 11.2. The number of benzene rings is 1. The molecular weight excluding hydrogens is 289 g/mol. The zero-order chi connectivity index (χ0) is 13.9. The van der Waals surface area contributed by atoms with Crippen LogP contribution in [0.1, 0.15) is 22.9 Å². The summed E-state index contributed by atoms with van der Waals surface area (Å²) < 4.78 is 14.4. The van der Waals surface area contributed by atoms with Gasteiger partial charge in [-0.05, 0) is 71.9 Å². The number of fused-ring (bicyclic) bond motifs is 1. The largest absolute Gasteiger partial charge is 0.312 e. The Morgan fingerprint density at radius 1 is 1.25 bits per heavy atom. The van der Waals surface area contributed by atoms with Crippen molar-refractivity contribution in [2.45, 2.75) is 18.9 Å². The van der Waals surface area contributed by atoms with Crippen molar-refractivity contribution >= 4 is 32.8 Å². The van der Waals surface area contributed by atoms with Gasteiger partial charge in [0.1, 0.15) is 5.82 Å². The van der Waals surface area contributed by atoms with Gasteiger partial charge in [0.2, 0.25) is 0 Å². The highest BCUT2D eigenvalue weighted by molar-refractivity contribution is 7.19. The summed E-state index contributed by atoms with van der Waals surface area (Å²) in [5, 5.41) is 8.70. The predicted molar refractivity (Wildman–Crippen MR) is 86.2 cm³/mol. The molecule has 0 bridgehead atoms. The molecule has 1 aromatic carbocycles. The zero-order valence-corrected chi connectivity index (χ0v) is 12.9. The van der Waals surface area contributed by atoms with E-state index in [1.54, 1.807) is 28.7 Å². The van der Waals surface area contributed by atoms with E-state index in [0.29, 0.717) is 6.04 Å². The molecule has 1 nitrogen and oxygen atoms in total.